The third kappa shape index (κ3) is 3.11. The topological polar surface area (TPSA) is 75.7 Å². The van der Waals surface area contributed by atoms with Crippen LogP contribution in [0.25, 0.3) is 0 Å². The van der Waals surface area contributed by atoms with E-state index in [2.05, 4.69) is 0 Å². The third-order valence-corrected chi connectivity index (χ3v) is 2.29. The first kappa shape index (κ1) is 11.8. The van der Waals surface area contributed by atoms with E-state index in [0.29, 0.717) is 18.6 Å². The van der Waals surface area contributed by atoms with Crippen molar-refractivity contribution in [2.45, 2.75) is 18.9 Å². The van der Waals surface area contributed by atoms with Gasteiger partial charge in [-0.1, -0.05) is 6.07 Å². The fraction of sp³-hybridized carbons (Fsp3) is 0.455. The quantitative estimate of drug-likeness (QED) is 0.683. The molecule has 15 heavy (non-hydrogen) atoms. The number of hydrogen-bond donors (Lipinski definition) is 3. The van der Waals surface area contributed by atoms with Crippen LogP contribution in [0.1, 0.15) is 24.4 Å². The number of aliphatic hydroxyl groups excluding tert-OH is 1. The van der Waals surface area contributed by atoms with Crippen LogP contribution in [0, 0.1) is 0 Å². The van der Waals surface area contributed by atoms with E-state index in [1.807, 2.05) is 0 Å². The van der Waals surface area contributed by atoms with E-state index in [-0.39, 0.29) is 18.4 Å². The highest BCUT2D eigenvalue weighted by Crippen LogP contribution is 2.29. The van der Waals surface area contributed by atoms with Crippen molar-refractivity contribution in [1.29, 1.82) is 0 Å². The van der Waals surface area contributed by atoms with E-state index in [9.17, 15) is 5.11 Å². The number of aromatic hydroxyl groups is 1. The minimum atomic E-state index is -0.173. The van der Waals surface area contributed by atoms with Gasteiger partial charge in [0.15, 0.2) is 0 Å². The smallest absolute Gasteiger partial charge is 0.127 e. The average molecular weight is 211 g/mol. The summed E-state index contributed by atoms with van der Waals surface area (Å²) in [7, 11) is 1.54. The van der Waals surface area contributed by atoms with Crippen molar-refractivity contribution in [3.8, 4) is 11.5 Å². The molecular formula is C11H17NO3. The zero-order chi connectivity index (χ0) is 11.3. The Hall–Kier alpha value is -1.26. The lowest BCUT2D eigenvalue weighted by atomic mass is 10.0. The molecule has 4 heteroatoms. The maximum absolute atomic E-state index is 9.27. The summed E-state index contributed by atoms with van der Waals surface area (Å²) >= 11 is 0. The molecule has 4 N–H and O–H groups in total. The van der Waals surface area contributed by atoms with Crippen LogP contribution in [-0.2, 0) is 0 Å². The van der Waals surface area contributed by atoms with Gasteiger partial charge in [-0.3, -0.25) is 0 Å². The van der Waals surface area contributed by atoms with Gasteiger partial charge in [-0.2, -0.15) is 0 Å². The number of phenolic OH excluding ortho intramolecular Hbond substituents is 1. The molecule has 0 spiro atoms. The van der Waals surface area contributed by atoms with Crippen LogP contribution in [0.3, 0.4) is 0 Å². The molecule has 0 aliphatic carbocycles. The number of nitrogens with two attached hydrogens (primary N) is 1. The Labute approximate surface area is 89.3 Å². The van der Waals surface area contributed by atoms with Crippen molar-refractivity contribution in [1.82, 2.24) is 0 Å². The minimum absolute atomic E-state index is 0.133. The van der Waals surface area contributed by atoms with Crippen molar-refractivity contribution in [3.05, 3.63) is 23.8 Å². The summed E-state index contributed by atoms with van der Waals surface area (Å²) in [6, 6.07) is 4.69. The Balaban J connectivity index is 2.82. The van der Waals surface area contributed by atoms with Crippen molar-refractivity contribution in [2.24, 2.45) is 5.73 Å². The van der Waals surface area contributed by atoms with Gasteiger partial charge in [0.1, 0.15) is 11.5 Å². The molecule has 0 amide bonds. The molecule has 4 nitrogen and oxygen atoms in total. The first-order valence-electron chi connectivity index (χ1n) is 4.92. The zero-order valence-corrected chi connectivity index (χ0v) is 8.81. The average Bonchev–Trinajstić information content (AvgIpc) is 2.25. The number of phenols is 1. The Morgan fingerprint density at radius 1 is 1.47 bits per heavy atom. The maximum Gasteiger partial charge on any atom is 0.127 e. The molecule has 0 fully saturated rings. The number of ether oxygens (including phenoxy) is 1. The normalized spacial score (nSPS) is 12.5. The van der Waals surface area contributed by atoms with Gasteiger partial charge in [0.2, 0.25) is 0 Å². The molecular weight excluding hydrogens is 194 g/mol. The summed E-state index contributed by atoms with van der Waals surface area (Å²) in [6.45, 7) is 0.133. The Morgan fingerprint density at radius 2 is 2.20 bits per heavy atom. The Bertz CT molecular complexity index is 315. The van der Waals surface area contributed by atoms with Gasteiger partial charge >= 0.3 is 0 Å². The lowest BCUT2D eigenvalue weighted by Crippen LogP contribution is -2.12. The van der Waals surface area contributed by atoms with Crippen LogP contribution >= 0.6 is 0 Å². The number of hydrogen-bond acceptors (Lipinski definition) is 4. The lowest BCUT2D eigenvalue weighted by Gasteiger charge is -2.15. The summed E-state index contributed by atoms with van der Waals surface area (Å²) in [5.41, 5.74) is 6.79. The molecule has 0 saturated heterocycles. The highest BCUT2D eigenvalue weighted by molar-refractivity contribution is 5.41. The summed E-state index contributed by atoms with van der Waals surface area (Å²) in [5.74, 6) is 0.741. The van der Waals surface area contributed by atoms with Gasteiger partial charge in [0.25, 0.3) is 0 Å². The van der Waals surface area contributed by atoms with Gasteiger partial charge in [-0.25, -0.2) is 0 Å². The SMILES string of the molecule is COc1cc(O)ccc1[C@H](N)CCCO. The van der Waals surface area contributed by atoms with Gasteiger partial charge < -0.3 is 20.7 Å². The zero-order valence-electron chi connectivity index (χ0n) is 8.81. The summed E-state index contributed by atoms with van der Waals surface area (Å²) < 4.78 is 5.12. The van der Waals surface area contributed by atoms with Gasteiger partial charge in [0, 0.05) is 24.3 Å². The van der Waals surface area contributed by atoms with E-state index >= 15 is 0 Å². The molecule has 0 bridgehead atoms. The molecule has 1 aromatic carbocycles. The molecule has 0 aromatic heterocycles. The van der Waals surface area contributed by atoms with Gasteiger partial charge in [0.05, 0.1) is 7.11 Å². The largest absolute Gasteiger partial charge is 0.508 e. The van der Waals surface area contributed by atoms with Crippen molar-refractivity contribution < 1.29 is 14.9 Å². The monoisotopic (exact) mass is 211 g/mol. The molecule has 1 rings (SSSR count). The molecule has 1 aromatic rings. The predicted molar refractivity (Wildman–Crippen MR) is 57.9 cm³/mol. The molecule has 0 radical (unpaired) electrons. The van der Waals surface area contributed by atoms with Crippen LogP contribution in [0.5, 0.6) is 11.5 Å². The predicted octanol–water partition coefficient (Wildman–Crippen LogP) is 1.17. The van der Waals surface area contributed by atoms with Crippen molar-refractivity contribution >= 4 is 0 Å². The van der Waals surface area contributed by atoms with E-state index < -0.39 is 0 Å². The molecule has 84 valence electrons. The number of benzene rings is 1. The van der Waals surface area contributed by atoms with Crippen molar-refractivity contribution in [2.75, 3.05) is 13.7 Å². The minimum Gasteiger partial charge on any atom is -0.508 e. The molecule has 0 aliphatic rings. The second-order valence-electron chi connectivity index (χ2n) is 3.40. The molecule has 0 heterocycles. The van der Waals surface area contributed by atoms with E-state index in [1.54, 1.807) is 12.1 Å². The van der Waals surface area contributed by atoms with Crippen LogP contribution in [-0.4, -0.2) is 23.9 Å². The molecule has 0 aliphatic heterocycles. The molecule has 0 saturated carbocycles. The van der Waals surface area contributed by atoms with Crippen molar-refractivity contribution in [3.63, 3.8) is 0 Å². The number of aliphatic hydroxyl groups is 1. The van der Waals surface area contributed by atoms with E-state index in [0.717, 1.165) is 5.56 Å². The van der Waals surface area contributed by atoms with Crippen LogP contribution in [0.15, 0.2) is 18.2 Å². The third-order valence-electron chi connectivity index (χ3n) is 2.29. The fourth-order valence-corrected chi connectivity index (χ4v) is 1.47. The van der Waals surface area contributed by atoms with Crippen LogP contribution < -0.4 is 10.5 Å². The standard InChI is InChI=1S/C11H17NO3/c1-15-11-7-8(14)4-5-9(11)10(12)3-2-6-13/h4-5,7,10,13-14H,2-3,6,12H2,1H3/t10-/m1/s1. The van der Waals surface area contributed by atoms with E-state index in [4.69, 9.17) is 15.6 Å². The number of rotatable bonds is 5. The second-order valence-corrected chi connectivity index (χ2v) is 3.40. The molecule has 1 atom stereocenters. The summed E-state index contributed by atoms with van der Waals surface area (Å²) in [5, 5.41) is 18.0. The molecule has 0 unspecified atom stereocenters. The second kappa shape index (κ2) is 5.58. The number of methoxy groups -OCH3 is 1. The Morgan fingerprint density at radius 3 is 2.80 bits per heavy atom. The first-order chi connectivity index (χ1) is 7.19. The maximum atomic E-state index is 9.27. The first-order valence-corrected chi connectivity index (χ1v) is 4.92. The van der Waals surface area contributed by atoms with E-state index in [1.165, 1.54) is 13.2 Å². The summed E-state index contributed by atoms with van der Waals surface area (Å²) in [6.07, 6.45) is 1.35. The highest BCUT2D eigenvalue weighted by atomic mass is 16.5. The van der Waals surface area contributed by atoms with Gasteiger partial charge in [-0.15, -0.1) is 0 Å². The fourth-order valence-electron chi connectivity index (χ4n) is 1.47. The Kier molecular flexibility index (Phi) is 4.39. The van der Waals surface area contributed by atoms with Crippen LogP contribution in [0.4, 0.5) is 0 Å². The summed E-state index contributed by atoms with van der Waals surface area (Å²) in [4.78, 5) is 0. The van der Waals surface area contributed by atoms with Crippen LogP contribution in [0.2, 0.25) is 0 Å². The highest BCUT2D eigenvalue weighted by Gasteiger charge is 2.11. The van der Waals surface area contributed by atoms with Gasteiger partial charge in [-0.05, 0) is 18.9 Å². The lowest BCUT2D eigenvalue weighted by molar-refractivity contribution is 0.279.